The second kappa shape index (κ2) is 4.47. The minimum atomic E-state index is -0.414. The van der Waals surface area contributed by atoms with Crippen molar-refractivity contribution in [2.45, 2.75) is 20.8 Å². The summed E-state index contributed by atoms with van der Waals surface area (Å²) in [5.41, 5.74) is 2.29. The molecule has 1 aromatic rings. The zero-order valence-electron chi connectivity index (χ0n) is 8.56. The first-order valence-corrected chi connectivity index (χ1v) is 4.88. The van der Waals surface area contributed by atoms with Crippen LogP contribution in [0.4, 0.5) is 0 Å². The molecule has 0 fully saturated rings. The van der Waals surface area contributed by atoms with Crippen LogP contribution in [0.2, 0.25) is 0 Å². The SMILES string of the molecule is CCOc1cc(C)c(C(=O)Cl)c(C)c1. The molecule has 2 nitrogen and oxygen atoms in total. The number of ether oxygens (including phenoxy) is 1. The Kier molecular flexibility index (Phi) is 3.53. The number of hydrogen-bond acceptors (Lipinski definition) is 2. The summed E-state index contributed by atoms with van der Waals surface area (Å²) >= 11 is 5.46. The molecular formula is C11H13ClO2. The molecule has 76 valence electrons. The summed E-state index contributed by atoms with van der Waals surface area (Å²) in [6, 6.07) is 3.65. The van der Waals surface area contributed by atoms with Crippen molar-refractivity contribution >= 4 is 16.8 Å². The molecule has 0 spiro atoms. The van der Waals surface area contributed by atoms with Gasteiger partial charge in [0.2, 0.25) is 0 Å². The number of rotatable bonds is 3. The topological polar surface area (TPSA) is 26.3 Å². The van der Waals surface area contributed by atoms with Crippen LogP contribution in [0.1, 0.15) is 28.4 Å². The number of aryl methyl sites for hydroxylation is 2. The van der Waals surface area contributed by atoms with Crippen LogP contribution in [-0.2, 0) is 0 Å². The molecule has 0 aliphatic carbocycles. The Balaban J connectivity index is 3.18. The Morgan fingerprint density at radius 1 is 1.36 bits per heavy atom. The lowest BCUT2D eigenvalue weighted by molar-refractivity contribution is 0.108. The molecule has 0 heterocycles. The smallest absolute Gasteiger partial charge is 0.252 e. The van der Waals surface area contributed by atoms with Gasteiger partial charge in [-0.25, -0.2) is 0 Å². The normalized spacial score (nSPS) is 10.0. The molecule has 3 heteroatoms. The largest absolute Gasteiger partial charge is 0.494 e. The minimum absolute atomic E-state index is 0.414. The average Bonchev–Trinajstić information content (AvgIpc) is 2.01. The quantitative estimate of drug-likeness (QED) is 0.720. The predicted octanol–water partition coefficient (Wildman–Crippen LogP) is 3.08. The van der Waals surface area contributed by atoms with Crippen LogP contribution in [-0.4, -0.2) is 11.8 Å². The van der Waals surface area contributed by atoms with E-state index >= 15 is 0 Å². The maximum atomic E-state index is 11.1. The maximum Gasteiger partial charge on any atom is 0.252 e. The molecule has 0 N–H and O–H groups in total. The van der Waals surface area contributed by atoms with Gasteiger partial charge in [0, 0.05) is 5.56 Å². The van der Waals surface area contributed by atoms with E-state index in [1.54, 1.807) is 0 Å². The lowest BCUT2D eigenvalue weighted by atomic mass is 10.0. The van der Waals surface area contributed by atoms with Crippen molar-refractivity contribution < 1.29 is 9.53 Å². The van der Waals surface area contributed by atoms with Crippen LogP contribution in [0, 0.1) is 13.8 Å². The molecule has 1 rings (SSSR count). The summed E-state index contributed by atoms with van der Waals surface area (Å²) in [6.45, 7) is 6.24. The molecule has 0 radical (unpaired) electrons. The molecule has 1 aromatic carbocycles. The number of carbonyl (C=O) groups is 1. The number of halogens is 1. The molecule has 0 unspecified atom stereocenters. The van der Waals surface area contributed by atoms with Gasteiger partial charge in [0.15, 0.2) is 0 Å². The van der Waals surface area contributed by atoms with E-state index in [-0.39, 0.29) is 0 Å². The standard InChI is InChI=1S/C11H13ClO2/c1-4-14-9-5-7(2)10(11(12)13)8(3)6-9/h5-6H,4H2,1-3H3. The second-order valence-corrected chi connectivity index (χ2v) is 3.48. The third-order valence-corrected chi connectivity index (χ3v) is 2.20. The fourth-order valence-corrected chi connectivity index (χ4v) is 1.78. The third kappa shape index (κ3) is 2.26. The molecule has 0 amide bonds. The summed E-state index contributed by atoms with van der Waals surface area (Å²) < 4.78 is 5.35. The van der Waals surface area contributed by atoms with Gasteiger partial charge in [0.25, 0.3) is 5.24 Å². The fourth-order valence-electron chi connectivity index (χ4n) is 1.48. The van der Waals surface area contributed by atoms with Crippen molar-refractivity contribution in [2.75, 3.05) is 6.61 Å². The molecule has 0 saturated heterocycles. The van der Waals surface area contributed by atoms with E-state index in [1.165, 1.54) is 0 Å². The van der Waals surface area contributed by atoms with Crippen LogP contribution in [0.3, 0.4) is 0 Å². The molecule has 0 saturated carbocycles. The van der Waals surface area contributed by atoms with Crippen LogP contribution in [0.25, 0.3) is 0 Å². The highest BCUT2D eigenvalue weighted by Gasteiger charge is 2.11. The highest BCUT2D eigenvalue weighted by molar-refractivity contribution is 6.68. The van der Waals surface area contributed by atoms with Gasteiger partial charge >= 0.3 is 0 Å². The van der Waals surface area contributed by atoms with Gasteiger partial charge < -0.3 is 4.74 Å². The summed E-state index contributed by atoms with van der Waals surface area (Å²) in [5, 5.41) is -0.414. The van der Waals surface area contributed by atoms with Crippen LogP contribution >= 0.6 is 11.6 Å². The fraction of sp³-hybridized carbons (Fsp3) is 0.364. The molecule has 14 heavy (non-hydrogen) atoms. The molecule has 0 aliphatic heterocycles. The van der Waals surface area contributed by atoms with Gasteiger partial charge in [0.05, 0.1) is 6.61 Å². The van der Waals surface area contributed by atoms with E-state index in [0.29, 0.717) is 12.2 Å². The second-order valence-electron chi connectivity index (χ2n) is 3.14. The Labute approximate surface area is 88.8 Å². The lowest BCUT2D eigenvalue weighted by Crippen LogP contribution is -2.00. The predicted molar refractivity (Wildman–Crippen MR) is 57.3 cm³/mol. The van der Waals surface area contributed by atoms with Crippen molar-refractivity contribution in [2.24, 2.45) is 0 Å². The third-order valence-electron chi connectivity index (χ3n) is 2.01. The molecular weight excluding hydrogens is 200 g/mol. The maximum absolute atomic E-state index is 11.1. The van der Waals surface area contributed by atoms with Crippen LogP contribution in [0.5, 0.6) is 5.75 Å². The van der Waals surface area contributed by atoms with E-state index < -0.39 is 5.24 Å². The Bertz CT molecular complexity index is 335. The van der Waals surface area contributed by atoms with E-state index in [0.717, 1.165) is 16.9 Å². The number of carbonyl (C=O) groups excluding carboxylic acids is 1. The van der Waals surface area contributed by atoms with E-state index in [2.05, 4.69) is 0 Å². The first-order valence-electron chi connectivity index (χ1n) is 4.50. The Hall–Kier alpha value is -1.02. The average molecular weight is 213 g/mol. The highest BCUT2D eigenvalue weighted by Crippen LogP contribution is 2.23. The summed E-state index contributed by atoms with van der Waals surface area (Å²) in [4.78, 5) is 11.1. The van der Waals surface area contributed by atoms with Gasteiger partial charge in [-0.3, -0.25) is 4.79 Å². The zero-order valence-corrected chi connectivity index (χ0v) is 9.31. The van der Waals surface area contributed by atoms with Crippen molar-refractivity contribution in [3.8, 4) is 5.75 Å². The molecule has 0 atom stereocenters. The van der Waals surface area contributed by atoms with Crippen molar-refractivity contribution in [1.82, 2.24) is 0 Å². The Morgan fingerprint density at radius 3 is 2.21 bits per heavy atom. The summed E-state index contributed by atoms with van der Waals surface area (Å²) in [6.07, 6.45) is 0. The van der Waals surface area contributed by atoms with Gasteiger partial charge in [-0.1, -0.05) is 0 Å². The number of hydrogen-bond donors (Lipinski definition) is 0. The van der Waals surface area contributed by atoms with E-state index in [9.17, 15) is 4.79 Å². The van der Waals surface area contributed by atoms with Gasteiger partial charge in [0.1, 0.15) is 5.75 Å². The Morgan fingerprint density at radius 2 is 1.86 bits per heavy atom. The van der Waals surface area contributed by atoms with Gasteiger partial charge in [-0.05, 0) is 55.6 Å². The number of benzene rings is 1. The van der Waals surface area contributed by atoms with Crippen molar-refractivity contribution in [1.29, 1.82) is 0 Å². The van der Waals surface area contributed by atoms with E-state index in [1.807, 2.05) is 32.9 Å². The molecule has 0 aromatic heterocycles. The first kappa shape index (κ1) is 11.1. The van der Waals surface area contributed by atoms with Gasteiger partial charge in [-0.2, -0.15) is 0 Å². The lowest BCUT2D eigenvalue weighted by Gasteiger charge is -2.09. The summed E-state index contributed by atoms with van der Waals surface area (Å²) in [7, 11) is 0. The van der Waals surface area contributed by atoms with Crippen LogP contribution < -0.4 is 4.74 Å². The van der Waals surface area contributed by atoms with Gasteiger partial charge in [-0.15, -0.1) is 0 Å². The highest BCUT2D eigenvalue weighted by atomic mass is 35.5. The van der Waals surface area contributed by atoms with Crippen molar-refractivity contribution in [3.63, 3.8) is 0 Å². The van der Waals surface area contributed by atoms with Crippen LogP contribution in [0.15, 0.2) is 12.1 Å². The van der Waals surface area contributed by atoms with E-state index in [4.69, 9.17) is 16.3 Å². The monoisotopic (exact) mass is 212 g/mol. The first-order chi connectivity index (χ1) is 6.56. The van der Waals surface area contributed by atoms with Crippen molar-refractivity contribution in [3.05, 3.63) is 28.8 Å². The minimum Gasteiger partial charge on any atom is -0.494 e. The molecule has 0 bridgehead atoms. The zero-order chi connectivity index (χ0) is 10.7. The molecule has 0 aliphatic rings. The summed E-state index contributed by atoms with van der Waals surface area (Å²) in [5.74, 6) is 0.782.